The lowest BCUT2D eigenvalue weighted by atomic mass is 9.86. The van der Waals surface area contributed by atoms with Gasteiger partial charge in [-0.25, -0.2) is 0 Å². The Morgan fingerprint density at radius 2 is 2.15 bits per heavy atom. The smallest absolute Gasteiger partial charge is 0.325 e. The lowest BCUT2D eigenvalue weighted by Gasteiger charge is -2.34. The zero-order valence-corrected chi connectivity index (χ0v) is 12.7. The predicted octanol–water partition coefficient (Wildman–Crippen LogP) is 3.70. The van der Waals surface area contributed by atoms with Crippen molar-refractivity contribution in [2.45, 2.75) is 51.0 Å². The molecule has 20 heavy (non-hydrogen) atoms. The Labute approximate surface area is 124 Å². The van der Waals surface area contributed by atoms with Crippen molar-refractivity contribution in [2.24, 2.45) is 5.92 Å². The lowest BCUT2D eigenvalue weighted by Crippen LogP contribution is -2.40. The maximum absolute atomic E-state index is 11.6. The van der Waals surface area contributed by atoms with Gasteiger partial charge in [0, 0.05) is 11.4 Å². The number of rotatable bonds is 4. The van der Waals surface area contributed by atoms with Crippen LogP contribution in [0.2, 0.25) is 0 Å². The Kier molecular flexibility index (Phi) is 4.41. The van der Waals surface area contributed by atoms with Gasteiger partial charge in [-0.2, -0.15) is 0 Å². The van der Waals surface area contributed by atoms with E-state index in [-0.39, 0.29) is 0 Å². The number of nitrogens with zero attached hydrogens (tertiary/aromatic N) is 1. The molecule has 0 spiro atoms. The Bertz CT molecular complexity index is 465. The quantitative estimate of drug-likeness (QED) is 0.920. The van der Waals surface area contributed by atoms with E-state index < -0.39 is 12.0 Å². The number of aliphatic carboxylic acids is 1. The number of carboxylic acid groups (broad SMARTS) is 1. The minimum atomic E-state index is -0.687. The average molecular weight is 293 g/mol. The molecular weight excluding hydrogens is 270 g/mol. The zero-order valence-electron chi connectivity index (χ0n) is 11.9. The second kappa shape index (κ2) is 6.27. The number of fused-ring (bicyclic) bond motifs is 1. The number of carbonyl (C=O) groups is 1. The molecule has 3 rings (SSSR count). The van der Waals surface area contributed by atoms with Crippen molar-refractivity contribution in [3.8, 4) is 0 Å². The molecule has 0 saturated heterocycles. The van der Waals surface area contributed by atoms with E-state index in [1.807, 2.05) is 11.4 Å². The first-order valence-corrected chi connectivity index (χ1v) is 8.67. The highest BCUT2D eigenvalue weighted by Gasteiger charge is 2.33. The molecule has 0 amide bonds. The normalized spacial score (nSPS) is 24.5. The van der Waals surface area contributed by atoms with Crippen LogP contribution >= 0.6 is 11.3 Å². The third-order valence-electron chi connectivity index (χ3n) is 4.85. The van der Waals surface area contributed by atoms with E-state index >= 15 is 0 Å². The van der Waals surface area contributed by atoms with Gasteiger partial charge in [0.05, 0.1) is 0 Å². The maximum Gasteiger partial charge on any atom is 0.325 e. The second-order valence-corrected chi connectivity index (χ2v) is 7.12. The first-order chi connectivity index (χ1) is 9.75. The highest BCUT2D eigenvalue weighted by molar-refractivity contribution is 7.10. The lowest BCUT2D eigenvalue weighted by molar-refractivity contribution is -0.144. The molecule has 0 aromatic carbocycles. The van der Waals surface area contributed by atoms with Gasteiger partial charge in [-0.15, -0.1) is 11.3 Å². The van der Waals surface area contributed by atoms with Gasteiger partial charge in [-0.3, -0.25) is 9.69 Å². The van der Waals surface area contributed by atoms with E-state index in [2.05, 4.69) is 4.90 Å². The predicted molar refractivity (Wildman–Crippen MR) is 81.2 cm³/mol. The van der Waals surface area contributed by atoms with Crippen molar-refractivity contribution < 1.29 is 9.90 Å². The van der Waals surface area contributed by atoms with Gasteiger partial charge >= 0.3 is 5.97 Å². The Morgan fingerprint density at radius 3 is 2.90 bits per heavy atom. The van der Waals surface area contributed by atoms with Gasteiger partial charge in [0.15, 0.2) is 0 Å². The molecule has 1 N–H and O–H groups in total. The SMILES string of the molecule is O=C(O)C1c2ccsc2CCN1CCC1CCCCC1. The van der Waals surface area contributed by atoms with Crippen molar-refractivity contribution in [1.29, 1.82) is 0 Å². The van der Waals surface area contributed by atoms with Gasteiger partial charge in [0.25, 0.3) is 0 Å². The van der Waals surface area contributed by atoms with E-state index in [0.717, 1.165) is 31.0 Å². The second-order valence-electron chi connectivity index (χ2n) is 6.12. The minimum absolute atomic E-state index is 0.409. The van der Waals surface area contributed by atoms with E-state index in [1.54, 1.807) is 11.3 Å². The summed E-state index contributed by atoms with van der Waals surface area (Å²) < 4.78 is 0. The number of hydrogen-bond acceptors (Lipinski definition) is 3. The molecule has 1 aromatic rings. The summed E-state index contributed by atoms with van der Waals surface area (Å²) in [6.45, 7) is 1.84. The third-order valence-corrected chi connectivity index (χ3v) is 5.85. The van der Waals surface area contributed by atoms with Gasteiger partial charge in [0.1, 0.15) is 6.04 Å². The molecule has 1 aliphatic carbocycles. The van der Waals surface area contributed by atoms with E-state index in [4.69, 9.17) is 0 Å². The van der Waals surface area contributed by atoms with Crippen LogP contribution in [0, 0.1) is 5.92 Å². The number of hydrogen-bond donors (Lipinski definition) is 1. The maximum atomic E-state index is 11.6. The van der Waals surface area contributed by atoms with Crippen molar-refractivity contribution in [2.75, 3.05) is 13.1 Å². The van der Waals surface area contributed by atoms with Crippen LogP contribution in [0.1, 0.15) is 55.0 Å². The number of carboxylic acids is 1. The highest BCUT2D eigenvalue weighted by atomic mass is 32.1. The first kappa shape index (κ1) is 14.1. The summed E-state index contributed by atoms with van der Waals surface area (Å²) in [4.78, 5) is 15.1. The van der Waals surface area contributed by atoms with Gasteiger partial charge < -0.3 is 5.11 Å². The summed E-state index contributed by atoms with van der Waals surface area (Å²) in [7, 11) is 0. The largest absolute Gasteiger partial charge is 0.480 e. The summed E-state index contributed by atoms with van der Waals surface area (Å²) >= 11 is 1.70. The molecule has 1 aromatic heterocycles. The van der Waals surface area contributed by atoms with E-state index in [0.29, 0.717) is 0 Å². The van der Waals surface area contributed by atoms with E-state index in [1.165, 1.54) is 43.4 Å². The molecule has 3 nitrogen and oxygen atoms in total. The fourth-order valence-electron chi connectivity index (χ4n) is 3.72. The van der Waals surface area contributed by atoms with Gasteiger partial charge in [-0.05, 0) is 42.3 Å². The Balaban J connectivity index is 1.65. The van der Waals surface area contributed by atoms with Crippen molar-refractivity contribution in [3.63, 3.8) is 0 Å². The minimum Gasteiger partial charge on any atom is -0.480 e. The Hall–Kier alpha value is -0.870. The van der Waals surface area contributed by atoms with Gasteiger partial charge in [-0.1, -0.05) is 32.1 Å². The van der Waals surface area contributed by atoms with Crippen LogP contribution < -0.4 is 0 Å². The molecule has 2 heterocycles. The highest BCUT2D eigenvalue weighted by Crippen LogP contribution is 2.34. The molecule has 1 saturated carbocycles. The van der Waals surface area contributed by atoms with E-state index in [9.17, 15) is 9.90 Å². The third kappa shape index (κ3) is 2.91. The van der Waals surface area contributed by atoms with Crippen molar-refractivity contribution >= 4 is 17.3 Å². The summed E-state index contributed by atoms with van der Waals surface area (Å²) in [6, 6.07) is 1.60. The molecule has 0 bridgehead atoms. The molecule has 0 radical (unpaired) electrons. The van der Waals surface area contributed by atoms with Crippen LogP contribution in [0.3, 0.4) is 0 Å². The van der Waals surface area contributed by atoms with Crippen molar-refractivity contribution in [1.82, 2.24) is 4.90 Å². The summed E-state index contributed by atoms with van der Waals surface area (Å²) in [6.07, 6.45) is 8.98. The Morgan fingerprint density at radius 1 is 1.35 bits per heavy atom. The van der Waals surface area contributed by atoms with Crippen LogP contribution in [0.4, 0.5) is 0 Å². The number of thiophene rings is 1. The summed E-state index contributed by atoms with van der Waals surface area (Å²) in [5, 5.41) is 11.6. The molecule has 1 atom stereocenters. The molecule has 4 heteroatoms. The average Bonchev–Trinajstić information content (AvgIpc) is 2.93. The van der Waals surface area contributed by atoms with Crippen molar-refractivity contribution in [3.05, 3.63) is 21.9 Å². The fourth-order valence-corrected chi connectivity index (χ4v) is 4.63. The standard InChI is InChI=1S/C16H23NO2S/c18-16(19)15-13-8-11-20-14(13)7-10-17(15)9-6-12-4-2-1-3-5-12/h8,11-12,15H,1-7,9-10H2,(H,18,19). The molecule has 1 aliphatic heterocycles. The van der Waals surface area contributed by atoms with Gasteiger partial charge in [0.2, 0.25) is 0 Å². The molecular formula is C16H23NO2S. The monoisotopic (exact) mass is 293 g/mol. The van der Waals surface area contributed by atoms with Crippen LogP contribution in [0.5, 0.6) is 0 Å². The van der Waals surface area contributed by atoms with Crippen LogP contribution in [-0.2, 0) is 11.2 Å². The van der Waals surface area contributed by atoms with Crippen LogP contribution in [-0.4, -0.2) is 29.1 Å². The molecule has 2 aliphatic rings. The topological polar surface area (TPSA) is 40.5 Å². The molecule has 1 unspecified atom stereocenters. The molecule has 1 fully saturated rings. The van der Waals surface area contributed by atoms with Crippen LogP contribution in [0.15, 0.2) is 11.4 Å². The van der Waals surface area contributed by atoms with Crippen LogP contribution in [0.25, 0.3) is 0 Å². The molecule has 110 valence electrons. The summed E-state index contributed by atoms with van der Waals surface area (Å²) in [5.74, 6) is 0.134. The fraction of sp³-hybridized carbons (Fsp3) is 0.688. The summed E-state index contributed by atoms with van der Waals surface area (Å²) in [5.41, 5.74) is 1.04. The first-order valence-electron chi connectivity index (χ1n) is 7.79. The zero-order chi connectivity index (χ0) is 13.9.